The van der Waals surface area contributed by atoms with Gasteiger partial charge in [0.1, 0.15) is 19.3 Å². The molecule has 0 amide bonds. The van der Waals surface area contributed by atoms with Crippen LogP contribution >= 0.6 is 15.6 Å². The standard InChI is InChI=1S/C85H138O17P2/c1-5-9-13-17-21-25-29-32-35-37-39-41-44-47-51-54-58-62-66-70-83(88)96-76-81(102-85(90)72-68-64-60-56-52-48-45-42-40-38-36-33-30-26-22-18-14-10-6-2)78-100-104(93,94)98-74-79(86)73-97-103(91,92)99-77-80(101-84(89)71-67-63-59-55-49-28-24-20-16-12-8-4)75-95-82(87)69-65-61-57-53-50-46-43-34-31-27-23-19-15-11-7-3/h9,11,13,15,20-27,32-36,39-43,47,50-51,53,61,65,79-81,86H,5-8,10,12,14,16-19,28-31,37-38,44-46,48-49,52,54-60,62-64,66-78H2,1-4H3,(H,91,92)(H,93,94)/b13-9-,15-11-,24-20-,25-21-,26-22-,27-23-,35-32-,36-33-,41-39-,42-40-,43-34-,51-47-,53-50-,65-61-. The Morgan fingerprint density at radius 1 is 0.288 bits per heavy atom. The van der Waals surface area contributed by atoms with Crippen LogP contribution in [-0.4, -0.2) is 96.7 Å². The number of hydrogen-bond donors (Lipinski definition) is 3. The second-order valence-electron chi connectivity index (χ2n) is 25.5. The predicted octanol–water partition coefficient (Wildman–Crippen LogP) is 23.0. The first-order valence-corrected chi connectivity index (χ1v) is 42.4. The minimum absolute atomic E-state index is 0.0588. The van der Waals surface area contributed by atoms with Gasteiger partial charge in [-0.3, -0.25) is 37.3 Å². The lowest BCUT2D eigenvalue weighted by Gasteiger charge is -2.21. The normalized spacial score (nSPS) is 14.8. The maximum absolute atomic E-state index is 13.1. The van der Waals surface area contributed by atoms with Gasteiger partial charge in [-0.05, 0) is 154 Å². The van der Waals surface area contributed by atoms with Crippen LogP contribution in [0.4, 0.5) is 0 Å². The van der Waals surface area contributed by atoms with Gasteiger partial charge in [0.25, 0.3) is 0 Å². The Morgan fingerprint density at radius 2 is 0.548 bits per heavy atom. The van der Waals surface area contributed by atoms with E-state index in [1.54, 1.807) is 6.08 Å². The summed E-state index contributed by atoms with van der Waals surface area (Å²) in [4.78, 5) is 72.9. The van der Waals surface area contributed by atoms with Gasteiger partial charge in [-0.1, -0.05) is 275 Å². The average molecular weight is 1490 g/mol. The summed E-state index contributed by atoms with van der Waals surface area (Å²) in [7, 11) is -10.0. The first-order chi connectivity index (χ1) is 50.7. The van der Waals surface area contributed by atoms with Crippen molar-refractivity contribution in [3.05, 3.63) is 170 Å². The smallest absolute Gasteiger partial charge is 0.462 e. The molecule has 0 aromatic rings. The van der Waals surface area contributed by atoms with Crippen molar-refractivity contribution in [2.75, 3.05) is 39.6 Å². The van der Waals surface area contributed by atoms with E-state index >= 15 is 0 Å². The summed E-state index contributed by atoms with van der Waals surface area (Å²) in [6, 6.07) is 0. The molecule has 0 saturated heterocycles. The fraction of sp³-hybridized carbons (Fsp3) is 0.624. The number of unbranched alkanes of at least 4 members (excludes halogenated alkanes) is 19. The molecular weight excluding hydrogens is 1350 g/mol. The third-order valence-electron chi connectivity index (χ3n) is 15.7. The maximum Gasteiger partial charge on any atom is 0.472 e. The molecule has 0 aromatic carbocycles. The number of aliphatic hydroxyl groups is 1. The van der Waals surface area contributed by atoms with E-state index in [0.717, 1.165) is 180 Å². The van der Waals surface area contributed by atoms with E-state index in [1.807, 2.05) is 18.2 Å². The molecular formula is C85H138O17P2. The van der Waals surface area contributed by atoms with Gasteiger partial charge in [0.2, 0.25) is 0 Å². The fourth-order valence-electron chi connectivity index (χ4n) is 9.72. The number of hydrogen-bond acceptors (Lipinski definition) is 15. The molecule has 0 aromatic heterocycles. The number of phosphoric ester groups is 2. The highest BCUT2D eigenvalue weighted by Gasteiger charge is 2.30. The third-order valence-corrected chi connectivity index (χ3v) is 17.6. The first-order valence-electron chi connectivity index (χ1n) is 39.4. The van der Waals surface area contributed by atoms with E-state index in [2.05, 4.69) is 174 Å². The molecule has 0 heterocycles. The molecule has 0 bridgehead atoms. The molecule has 19 heteroatoms. The lowest BCUT2D eigenvalue weighted by molar-refractivity contribution is -0.161. The summed E-state index contributed by atoms with van der Waals surface area (Å²) >= 11 is 0. The summed E-state index contributed by atoms with van der Waals surface area (Å²) in [5, 5.41) is 10.6. The number of carbonyl (C=O) groups is 4. The zero-order valence-corrected chi connectivity index (χ0v) is 66.2. The second kappa shape index (κ2) is 75.6. The predicted molar refractivity (Wildman–Crippen MR) is 426 cm³/mol. The third kappa shape index (κ3) is 74.7. The van der Waals surface area contributed by atoms with Crippen LogP contribution in [0.1, 0.15) is 285 Å². The molecule has 0 aliphatic carbocycles. The summed E-state index contributed by atoms with van der Waals surface area (Å²) in [5.41, 5.74) is 0. The van der Waals surface area contributed by atoms with E-state index in [1.165, 1.54) is 25.7 Å². The van der Waals surface area contributed by atoms with E-state index in [9.17, 15) is 43.2 Å². The van der Waals surface area contributed by atoms with Gasteiger partial charge in [0.05, 0.1) is 32.8 Å². The molecule has 0 aliphatic rings. The molecule has 104 heavy (non-hydrogen) atoms. The Morgan fingerprint density at radius 3 is 0.904 bits per heavy atom. The van der Waals surface area contributed by atoms with Gasteiger partial charge in [-0.2, -0.15) is 0 Å². The number of rotatable bonds is 72. The van der Waals surface area contributed by atoms with Crippen molar-refractivity contribution in [2.24, 2.45) is 0 Å². The number of aliphatic hydroxyl groups excluding tert-OH is 1. The van der Waals surface area contributed by atoms with Gasteiger partial charge in [0, 0.05) is 19.3 Å². The fourth-order valence-corrected chi connectivity index (χ4v) is 11.3. The highest BCUT2D eigenvalue weighted by atomic mass is 31.2. The summed E-state index contributed by atoms with van der Waals surface area (Å²) in [5.74, 6) is -2.40. The van der Waals surface area contributed by atoms with Crippen LogP contribution < -0.4 is 0 Å². The Bertz CT molecular complexity index is 2640. The van der Waals surface area contributed by atoms with Crippen LogP contribution in [0.3, 0.4) is 0 Å². The molecule has 5 unspecified atom stereocenters. The lowest BCUT2D eigenvalue weighted by atomic mass is 10.1. The molecule has 0 rings (SSSR count). The highest BCUT2D eigenvalue weighted by Crippen LogP contribution is 2.45. The topological polar surface area (TPSA) is 237 Å². The minimum Gasteiger partial charge on any atom is -0.462 e. The van der Waals surface area contributed by atoms with Crippen molar-refractivity contribution in [2.45, 2.75) is 303 Å². The van der Waals surface area contributed by atoms with Gasteiger partial charge in [-0.25, -0.2) is 9.13 Å². The molecule has 0 fully saturated rings. The van der Waals surface area contributed by atoms with Crippen molar-refractivity contribution in [1.29, 1.82) is 0 Å². The minimum atomic E-state index is -5.00. The number of allylic oxidation sites excluding steroid dienone is 27. The zero-order valence-electron chi connectivity index (χ0n) is 64.4. The Labute approximate surface area is 629 Å². The van der Waals surface area contributed by atoms with Crippen LogP contribution in [0.5, 0.6) is 0 Å². The van der Waals surface area contributed by atoms with Gasteiger partial charge < -0.3 is 33.8 Å². The summed E-state index contributed by atoms with van der Waals surface area (Å²) in [6.07, 6.45) is 89.4. The molecule has 3 N–H and O–H groups in total. The monoisotopic (exact) mass is 1490 g/mol. The van der Waals surface area contributed by atoms with Crippen molar-refractivity contribution in [3.63, 3.8) is 0 Å². The van der Waals surface area contributed by atoms with E-state index in [-0.39, 0.29) is 25.7 Å². The molecule has 17 nitrogen and oxygen atoms in total. The SMILES string of the molecule is CC/C=C\C/C=C\C/C=C\C/C=C\C/C=C\CCCCCC(=O)OCC(COP(=O)(O)OCC(O)COP(=O)(O)OCC(COC(=O)C/C=C\C/C=C\C/C=C\C/C=C\C/C=C\CC)OC(=O)CCCCCCC/C=C\CCCC)OC(=O)CCCCCCCC/C=C\C/C=C\C/C=C\CCCCC. The Balaban J connectivity index is 5.46. The van der Waals surface area contributed by atoms with Gasteiger partial charge >= 0.3 is 39.5 Å². The van der Waals surface area contributed by atoms with Gasteiger partial charge in [0.15, 0.2) is 12.2 Å². The zero-order chi connectivity index (χ0) is 76.0. The van der Waals surface area contributed by atoms with Crippen LogP contribution in [0.15, 0.2) is 170 Å². The quantitative estimate of drug-likeness (QED) is 0.0169. The van der Waals surface area contributed by atoms with Crippen molar-refractivity contribution >= 4 is 39.5 Å². The van der Waals surface area contributed by atoms with Gasteiger partial charge in [-0.15, -0.1) is 0 Å². The first kappa shape index (κ1) is 98.4. The number of carbonyl (C=O) groups excluding carboxylic acids is 4. The largest absolute Gasteiger partial charge is 0.472 e. The molecule has 0 spiro atoms. The second-order valence-corrected chi connectivity index (χ2v) is 28.5. The summed E-state index contributed by atoms with van der Waals surface area (Å²) in [6.45, 7) is 4.38. The average Bonchev–Trinajstić information content (AvgIpc) is 0.928. The maximum atomic E-state index is 13.1. The molecule has 0 radical (unpaired) electrons. The van der Waals surface area contributed by atoms with Crippen LogP contribution in [0.2, 0.25) is 0 Å². The molecule has 0 aliphatic heterocycles. The number of phosphoric acid groups is 2. The van der Waals surface area contributed by atoms with E-state index in [0.29, 0.717) is 25.7 Å². The highest BCUT2D eigenvalue weighted by molar-refractivity contribution is 7.47. The molecule has 590 valence electrons. The Hall–Kier alpha value is -5.58. The number of ether oxygens (including phenoxy) is 4. The van der Waals surface area contributed by atoms with E-state index in [4.69, 9.17) is 37.0 Å². The summed E-state index contributed by atoms with van der Waals surface area (Å²) < 4.78 is 68.4. The molecule has 5 atom stereocenters. The van der Waals surface area contributed by atoms with Crippen molar-refractivity contribution < 1.29 is 80.2 Å². The number of esters is 4. The van der Waals surface area contributed by atoms with E-state index < -0.39 is 97.5 Å². The van der Waals surface area contributed by atoms with Crippen LogP contribution in [0.25, 0.3) is 0 Å². The van der Waals surface area contributed by atoms with Crippen molar-refractivity contribution in [3.8, 4) is 0 Å². The molecule has 0 saturated carbocycles. The Kier molecular flexibility index (Phi) is 71.6. The van der Waals surface area contributed by atoms with Crippen LogP contribution in [0, 0.1) is 0 Å². The van der Waals surface area contributed by atoms with Crippen molar-refractivity contribution in [1.82, 2.24) is 0 Å². The van der Waals surface area contributed by atoms with Crippen LogP contribution in [-0.2, 0) is 65.4 Å². The lowest BCUT2D eigenvalue weighted by Crippen LogP contribution is -2.30.